The number of carbonyl (C=O) groups excluding carboxylic acids is 1. The Labute approximate surface area is 119 Å². The van der Waals surface area contributed by atoms with Crippen LogP contribution in [0.1, 0.15) is 47.3 Å². The Morgan fingerprint density at radius 1 is 1.30 bits per heavy atom. The van der Waals surface area contributed by atoms with E-state index in [1.807, 2.05) is 45.0 Å². The summed E-state index contributed by atoms with van der Waals surface area (Å²) in [6.07, 6.45) is 0. The van der Waals surface area contributed by atoms with Gasteiger partial charge in [0, 0.05) is 19.5 Å². The molecule has 0 unspecified atom stereocenters. The van der Waals surface area contributed by atoms with Gasteiger partial charge in [-0.05, 0) is 12.5 Å². The molecule has 0 spiro atoms. The van der Waals surface area contributed by atoms with Crippen LogP contribution in [0.4, 0.5) is 0 Å². The standard InChI is InChI=1S/C15H20N4O/c1-10(2)13-16-14(18-17-13)15(20)19(4)9-12-7-5-11(3)6-8-12/h5-8,10H,9H2,1-4H3,(H,16,17,18). The summed E-state index contributed by atoms with van der Waals surface area (Å²) in [7, 11) is 1.76. The van der Waals surface area contributed by atoms with Gasteiger partial charge < -0.3 is 4.90 Å². The summed E-state index contributed by atoms with van der Waals surface area (Å²) in [5.74, 6) is 1.01. The van der Waals surface area contributed by atoms with Crippen molar-refractivity contribution in [3.8, 4) is 0 Å². The zero-order chi connectivity index (χ0) is 14.7. The number of aromatic nitrogens is 3. The summed E-state index contributed by atoms with van der Waals surface area (Å²) in [4.78, 5) is 18.1. The van der Waals surface area contributed by atoms with E-state index in [1.165, 1.54) is 5.56 Å². The van der Waals surface area contributed by atoms with Crippen molar-refractivity contribution in [3.63, 3.8) is 0 Å². The Bertz CT molecular complexity index is 586. The molecule has 0 radical (unpaired) electrons. The van der Waals surface area contributed by atoms with Crippen molar-refractivity contribution in [1.82, 2.24) is 20.1 Å². The van der Waals surface area contributed by atoms with Gasteiger partial charge in [-0.2, -0.15) is 0 Å². The van der Waals surface area contributed by atoms with Gasteiger partial charge in [-0.25, -0.2) is 4.98 Å². The fourth-order valence-electron chi connectivity index (χ4n) is 1.84. The molecule has 0 bridgehead atoms. The Balaban J connectivity index is 2.06. The van der Waals surface area contributed by atoms with Crippen molar-refractivity contribution < 1.29 is 4.79 Å². The molecule has 20 heavy (non-hydrogen) atoms. The number of amides is 1. The average Bonchev–Trinajstić information content (AvgIpc) is 2.90. The van der Waals surface area contributed by atoms with Crippen molar-refractivity contribution in [2.24, 2.45) is 0 Å². The van der Waals surface area contributed by atoms with Crippen LogP contribution in [0.5, 0.6) is 0 Å². The third-order valence-electron chi connectivity index (χ3n) is 3.13. The maximum atomic E-state index is 12.2. The first-order valence-electron chi connectivity index (χ1n) is 6.70. The number of nitrogens with zero attached hydrogens (tertiary/aromatic N) is 3. The molecule has 5 nitrogen and oxygen atoms in total. The number of carbonyl (C=O) groups is 1. The Hall–Kier alpha value is -2.17. The summed E-state index contributed by atoms with van der Waals surface area (Å²) in [5.41, 5.74) is 2.30. The molecule has 0 aliphatic carbocycles. The first kappa shape index (κ1) is 14.2. The fourth-order valence-corrected chi connectivity index (χ4v) is 1.84. The van der Waals surface area contributed by atoms with Crippen molar-refractivity contribution in [2.75, 3.05) is 7.05 Å². The van der Waals surface area contributed by atoms with Gasteiger partial charge in [-0.1, -0.05) is 43.7 Å². The third-order valence-corrected chi connectivity index (χ3v) is 3.13. The van der Waals surface area contributed by atoms with E-state index in [9.17, 15) is 4.79 Å². The number of aryl methyl sites for hydroxylation is 1. The lowest BCUT2D eigenvalue weighted by atomic mass is 10.1. The number of H-pyrrole nitrogens is 1. The smallest absolute Gasteiger partial charge is 0.293 e. The zero-order valence-electron chi connectivity index (χ0n) is 12.3. The monoisotopic (exact) mass is 272 g/mol. The topological polar surface area (TPSA) is 61.9 Å². The number of aromatic amines is 1. The molecule has 0 atom stereocenters. The largest absolute Gasteiger partial charge is 0.335 e. The number of hydrogen-bond acceptors (Lipinski definition) is 3. The van der Waals surface area contributed by atoms with E-state index in [0.29, 0.717) is 6.54 Å². The predicted molar refractivity (Wildman–Crippen MR) is 77.4 cm³/mol. The van der Waals surface area contributed by atoms with Gasteiger partial charge in [0.25, 0.3) is 5.91 Å². The van der Waals surface area contributed by atoms with Gasteiger partial charge in [-0.15, -0.1) is 5.10 Å². The van der Waals surface area contributed by atoms with Crippen LogP contribution in [0.15, 0.2) is 24.3 Å². The maximum Gasteiger partial charge on any atom is 0.293 e. The Morgan fingerprint density at radius 3 is 2.50 bits per heavy atom. The molecule has 1 aromatic heterocycles. The predicted octanol–water partition coefficient (Wildman–Crippen LogP) is 2.51. The van der Waals surface area contributed by atoms with Crippen LogP contribution >= 0.6 is 0 Å². The SMILES string of the molecule is Cc1ccc(CN(C)C(=O)c2n[nH]c(C(C)C)n2)cc1. The quantitative estimate of drug-likeness (QED) is 0.930. The van der Waals surface area contributed by atoms with Crippen LogP contribution in [-0.4, -0.2) is 33.0 Å². The second-order valence-corrected chi connectivity index (χ2v) is 5.35. The minimum absolute atomic E-state index is 0.172. The molecular weight excluding hydrogens is 252 g/mol. The summed E-state index contributed by atoms with van der Waals surface area (Å²) in [5, 5.41) is 6.79. The molecular formula is C15H20N4O. The van der Waals surface area contributed by atoms with E-state index in [4.69, 9.17) is 0 Å². The lowest BCUT2D eigenvalue weighted by molar-refractivity contribution is 0.0773. The van der Waals surface area contributed by atoms with Gasteiger partial charge in [0.1, 0.15) is 5.82 Å². The van der Waals surface area contributed by atoms with Crippen LogP contribution in [0, 0.1) is 6.92 Å². The lowest BCUT2D eigenvalue weighted by Crippen LogP contribution is -2.27. The number of benzene rings is 1. The van der Waals surface area contributed by atoms with Gasteiger partial charge in [0.05, 0.1) is 0 Å². The number of nitrogens with one attached hydrogen (secondary N) is 1. The minimum Gasteiger partial charge on any atom is -0.335 e. The molecule has 1 aromatic carbocycles. The summed E-state index contributed by atoms with van der Waals surface area (Å²) in [6.45, 7) is 6.60. The van der Waals surface area contributed by atoms with Gasteiger partial charge in [0.15, 0.2) is 0 Å². The number of hydrogen-bond donors (Lipinski definition) is 1. The fraction of sp³-hybridized carbons (Fsp3) is 0.400. The summed E-state index contributed by atoms with van der Waals surface area (Å²) >= 11 is 0. The molecule has 0 saturated carbocycles. The highest BCUT2D eigenvalue weighted by Gasteiger charge is 2.18. The molecule has 0 aliphatic rings. The molecule has 2 aromatic rings. The van der Waals surface area contributed by atoms with E-state index in [-0.39, 0.29) is 17.6 Å². The molecule has 1 amide bonds. The summed E-state index contributed by atoms with van der Waals surface area (Å²) < 4.78 is 0. The molecule has 1 heterocycles. The lowest BCUT2D eigenvalue weighted by Gasteiger charge is -2.15. The average molecular weight is 272 g/mol. The van der Waals surface area contributed by atoms with E-state index in [1.54, 1.807) is 11.9 Å². The van der Waals surface area contributed by atoms with E-state index in [0.717, 1.165) is 11.4 Å². The highest BCUT2D eigenvalue weighted by atomic mass is 16.2. The molecule has 1 N–H and O–H groups in total. The first-order valence-corrected chi connectivity index (χ1v) is 6.70. The van der Waals surface area contributed by atoms with Crippen molar-refractivity contribution in [3.05, 3.63) is 47.0 Å². The van der Waals surface area contributed by atoms with Gasteiger partial charge in [0.2, 0.25) is 5.82 Å². The Morgan fingerprint density at radius 2 is 1.95 bits per heavy atom. The Kier molecular flexibility index (Phi) is 4.17. The first-order chi connectivity index (χ1) is 9.47. The van der Waals surface area contributed by atoms with Crippen LogP contribution in [-0.2, 0) is 6.54 Å². The molecule has 106 valence electrons. The number of rotatable bonds is 4. The van der Waals surface area contributed by atoms with E-state index < -0.39 is 0 Å². The van der Waals surface area contributed by atoms with Crippen LogP contribution in [0.25, 0.3) is 0 Å². The molecule has 0 saturated heterocycles. The van der Waals surface area contributed by atoms with Gasteiger partial charge >= 0.3 is 0 Å². The van der Waals surface area contributed by atoms with Crippen LogP contribution in [0.2, 0.25) is 0 Å². The van der Waals surface area contributed by atoms with E-state index in [2.05, 4.69) is 15.2 Å². The molecule has 2 rings (SSSR count). The van der Waals surface area contributed by atoms with Crippen LogP contribution < -0.4 is 0 Å². The second-order valence-electron chi connectivity index (χ2n) is 5.35. The highest BCUT2D eigenvalue weighted by Crippen LogP contribution is 2.10. The van der Waals surface area contributed by atoms with Gasteiger partial charge in [-0.3, -0.25) is 9.89 Å². The molecule has 5 heteroatoms. The normalized spacial score (nSPS) is 10.8. The maximum absolute atomic E-state index is 12.2. The van der Waals surface area contributed by atoms with Crippen LogP contribution in [0.3, 0.4) is 0 Å². The van der Waals surface area contributed by atoms with Crippen molar-refractivity contribution >= 4 is 5.91 Å². The van der Waals surface area contributed by atoms with Crippen molar-refractivity contribution in [1.29, 1.82) is 0 Å². The molecule has 0 aliphatic heterocycles. The zero-order valence-corrected chi connectivity index (χ0v) is 12.3. The summed E-state index contributed by atoms with van der Waals surface area (Å²) in [6, 6.07) is 8.13. The minimum atomic E-state index is -0.172. The van der Waals surface area contributed by atoms with E-state index >= 15 is 0 Å². The van der Waals surface area contributed by atoms with Crippen molar-refractivity contribution in [2.45, 2.75) is 33.2 Å². The molecule has 0 fully saturated rings. The second kappa shape index (κ2) is 5.86. The highest BCUT2D eigenvalue weighted by molar-refractivity contribution is 5.90. The third kappa shape index (κ3) is 3.23.